The molecule has 18 heavy (non-hydrogen) atoms. The second-order valence-corrected chi connectivity index (χ2v) is 3.73. The topological polar surface area (TPSA) is 42.7 Å². The Morgan fingerprint density at radius 1 is 1.11 bits per heavy atom. The van der Waals surface area contributed by atoms with Gasteiger partial charge in [0.05, 0.1) is 5.56 Å². The van der Waals surface area contributed by atoms with Crippen LogP contribution in [0.2, 0.25) is 0 Å². The minimum atomic E-state index is -4.32. The van der Waals surface area contributed by atoms with Gasteiger partial charge in [-0.05, 0) is 12.1 Å². The van der Waals surface area contributed by atoms with E-state index >= 15 is 0 Å². The molecule has 1 N–H and O–H groups in total. The van der Waals surface area contributed by atoms with Gasteiger partial charge in [-0.1, -0.05) is 12.1 Å². The second-order valence-electron chi connectivity index (χ2n) is 3.73. The summed E-state index contributed by atoms with van der Waals surface area (Å²) >= 11 is 0. The van der Waals surface area contributed by atoms with Gasteiger partial charge in [-0.3, -0.25) is 4.57 Å². The van der Waals surface area contributed by atoms with E-state index in [1.165, 1.54) is 12.1 Å². The third-order valence-corrected chi connectivity index (χ3v) is 2.57. The summed E-state index contributed by atoms with van der Waals surface area (Å²) in [5, 5.41) is 10.6. The number of halogens is 3. The van der Waals surface area contributed by atoms with Crippen LogP contribution in [-0.4, -0.2) is 21.8 Å². The number of hydrogen-bond acceptors (Lipinski definition) is 3. The van der Waals surface area contributed by atoms with Gasteiger partial charge in [-0.15, -0.1) is 10.2 Å². The highest BCUT2D eigenvalue weighted by atomic mass is 19.4. The molecule has 0 fully saturated rings. The first-order chi connectivity index (χ1) is 8.43. The monoisotopic (exact) mass is 256 g/mol. The maximum atomic E-state index is 12.4. The normalized spacial score (nSPS) is 11.6. The Morgan fingerprint density at radius 3 is 2.17 bits per heavy atom. The van der Waals surface area contributed by atoms with Crippen LogP contribution in [0.4, 0.5) is 19.1 Å². The largest absolute Gasteiger partial charge is 0.416 e. The molecular formula is C11H11F3N4. The van der Waals surface area contributed by atoms with E-state index in [1.54, 1.807) is 18.7 Å². The first-order valence-electron chi connectivity index (χ1n) is 5.18. The molecule has 0 radical (unpaired) electrons. The standard InChI is InChI=1S/C11H11F3N4/c1-15-10-17-16-9(18(10)2)7-3-5-8(6-4-7)11(12,13)14/h3-6H,1-2H3,(H,15,17). The van der Waals surface area contributed by atoms with E-state index < -0.39 is 11.7 Å². The highest BCUT2D eigenvalue weighted by Gasteiger charge is 2.30. The van der Waals surface area contributed by atoms with Crippen molar-refractivity contribution in [1.82, 2.24) is 14.8 Å². The molecule has 0 bridgehead atoms. The molecule has 0 spiro atoms. The fraction of sp³-hybridized carbons (Fsp3) is 0.273. The zero-order valence-electron chi connectivity index (χ0n) is 9.78. The molecule has 1 heterocycles. The van der Waals surface area contributed by atoms with Gasteiger partial charge in [0.15, 0.2) is 5.82 Å². The maximum Gasteiger partial charge on any atom is 0.416 e. The summed E-state index contributed by atoms with van der Waals surface area (Å²) in [6.07, 6.45) is -4.32. The Balaban J connectivity index is 2.37. The summed E-state index contributed by atoms with van der Waals surface area (Å²) in [5.41, 5.74) is -0.0956. The SMILES string of the molecule is CNc1nnc(-c2ccc(C(F)(F)F)cc2)n1C. The lowest BCUT2D eigenvalue weighted by Crippen LogP contribution is -2.04. The molecule has 0 atom stereocenters. The molecule has 0 amide bonds. The number of rotatable bonds is 2. The molecule has 0 saturated carbocycles. The van der Waals surface area contributed by atoms with Crippen molar-refractivity contribution < 1.29 is 13.2 Å². The van der Waals surface area contributed by atoms with Crippen molar-refractivity contribution in [3.63, 3.8) is 0 Å². The number of anilines is 1. The first kappa shape index (κ1) is 12.4. The zero-order chi connectivity index (χ0) is 13.3. The Morgan fingerprint density at radius 2 is 1.72 bits per heavy atom. The average molecular weight is 256 g/mol. The summed E-state index contributed by atoms with van der Waals surface area (Å²) in [6.45, 7) is 0. The van der Waals surface area contributed by atoms with Crippen LogP contribution in [0.5, 0.6) is 0 Å². The van der Waals surface area contributed by atoms with Crippen molar-refractivity contribution >= 4 is 5.95 Å². The van der Waals surface area contributed by atoms with Gasteiger partial charge in [0.1, 0.15) is 0 Å². The fourth-order valence-corrected chi connectivity index (χ4v) is 1.61. The highest BCUT2D eigenvalue weighted by molar-refractivity contribution is 5.57. The quantitative estimate of drug-likeness (QED) is 0.897. The van der Waals surface area contributed by atoms with E-state index in [-0.39, 0.29) is 0 Å². The highest BCUT2D eigenvalue weighted by Crippen LogP contribution is 2.30. The van der Waals surface area contributed by atoms with E-state index in [9.17, 15) is 13.2 Å². The molecular weight excluding hydrogens is 245 g/mol. The summed E-state index contributed by atoms with van der Waals surface area (Å²) < 4.78 is 38.9. The predicted octanol–water partition coefficient (Wildman–Crippen LogP) is 2.54. The van der Waals surface area contributed by atoms with Crippen LogP contribution in [0.3, 0.4) is 0 Å². The predicted molar refractivity (Wildman–Crippen MR) is 61.0 cm³/mol. The van der Waals surface area contributed by atoms with Crippen LogP contribution >= 0.6 is 0 Å². The molecule has 0 aliphatic heterocycles. The number of nitrogens with zero attached hydrogens (tertiary/aromatic N) is 3. The van der Waals surface area contributed by atoms with Gasteiger partial charge in [-0.2, -0.15) is 13.2 Å². The number of hydrogen-bond donors (Lipinski definition) is 1. The van der Waals surface area contributed by atoms with Crippen LogP contribution in [-0.2, 0) is 13.2 Å². The lowest BCUT2D eigenvalue weighted by molar-refractivity contribution is -0.137. The minimum absolute atomic E-state index is 0.507. The molecule has 4 nitrogen and oxygen atoms in total. The Labute approximate surface area is 101 Å². The average Bonchev–Trinajstić information content (AvgIpc) is 2.69. The molecule has 96 valence electrons. The Kier molecular flexibility index (Phi) is 2.98. The van der Waals surface area contributed by atoms with Gasteiger partial charge in [-0.25, -0.2) is 0 Å². The van der Waals surface area contributed by atoms with Crippen molar-refractivity contribution in [2.24, 2.45) is 7.05 Å². The van der Waals surface area contributed by atoms with E-state index in [2.05, 4.69) is 15.5 Å². The van der Waals surface area contributed by atoms with Crippen LogP contribution in [0.25, 0.3) is 11.4 Å². The zero-order valence-corrected chi connectivity index (χ0v) is 9.78. The van der Waals surface area contributed by atoms with E-state index in [0.717, 1.165) is 12.1 Å². The van der Waals surface area contributed by atoms with Crippen molar-refractivity contribution in [2.45, 2.75) is 6.18 Å². The summed E-state index contributed by atoms with van der Waals surface area (Å²) in [6, 6.07) is 4.82. The van der Waals surface area contributed by atoms with Crippen LogP contribution in [0, 0.1) is 0 Å². The van der Waals surface area contributed by atoms with E-state index in [4.69, 9.17) is 0 Å². The van der Waals surface area contributed by atoms with Gasteiger partial charge in [0.2, 0.25) is 5.95 Å². The lowest BCUT2D eigenvalue weighted by Gasteiger charge is -2.07. The van der Waals surface area contributed by atoms with Crippen LogP contribution in [0.1, 0.15) is 5.56 Å². The molecule has 2 aromatic rings. The minimum Gasteiger partial charge on any atom is -0.357 e. The molecule has 2 rings (SSSR count). The molecule has 0 aliphatic rings. The van der Waals surface area contributed by atoms with Crippen molar-refractivity contribution in [2.75, 3.05) is 12.4 Å². The van der Waals surface area contributed by atoms with Gasteiger partial charge < -0.3 is 5.32 Å². The Hall–Kier alpha value is -2.05. The van der Waals surface area contributed by atoms with Gasteiger partial charge in [0.25, 0.3) is 0 Å². The molecule has 7 heteroatoms. The molecule has 1 aromatic carbocycles. The third-order valence-electron chi connectivity index (χ3n) is 2.57. The number of benzene rings is 1. The first-order valence-corrected chi connectivity index (χ1v) is 5.18. The smallest absolute Gasteiger partial charge is 0.357 e. The Bertz CT molecular complexity index is 542. The van der Waals surface area contributed by atoms with Gasteiger partial charge >= 0.3 is 6.18 Å². The van der Waals surface area contributed by atoms with E-state index in [1.807, 2.05) is 0 Å². The lowest BCUT2D eigenvalue weighted by atomic mass is 10.1. The van der Waals surface area contributed by atoms with Gasteiger partial charge in [0, 0.05) is 19.7 Å². The number of aromatic nitrogens is 3. The molecule has 0 unspecified atom stereocenters. The number of alkyl halides is 3. The number of nitrogens with one attached hydrogen (secondary N) is 1. The molecule has 0 aliphatic carbocycles. The van der Waals surface area contributed by atoms with Crippen molar-refractivity contribution in [3.05, 3.63) is 29.8 Å². The second kappa shape index (κ2) is 4.32. The summed E-state index contributed by atoms with van der Waals surface area (Å²) in [5.74, 6) is 1.05. The molecule has 0 saturated heterocycles. The summed E-state index contributed by atoms with van der Waals surface area (Å²) in [4.78, 5) is 0. The van der Waals surface area contributed by atoms with E-state index in [0.29, 0.717) is 17.3 Å². The summed E-state index contributed by atoms with van der Waals surface area (Å²) in [7, 11) is 3.43. The van der Waals surface area contributed by atoms with Crippen LogP contribution in [0.15, 0.2) is 24.3 Å². The third kappa shape index (κ3) is 2.15. The maximum absolute atomic E-state index is 12.4. The van der Waals surface area contributed by atoms with Crippen molar-refractivity contribution in [3.8, 4) is 11.4 Å². The fourth-order valence-electron chi connectivity index (χ4n) is 1.61. The van der Waals surface area contributed by atoms with Crippen LogP contribution < -0.4 is 5.32 Å². The molecule has 1 aromatic heterocycles. The van der Waals surface area contributed by atoms with Crippen molar-refractivity contribution in [1.29, 1.82) is 0 Å².